The van der Waals surface area contributed by atoms with Crippen molar-refractivity contribution < 1.29 is 22.6 Å². The van der Waals surface area contributed by atoms with Crippen LogP contribution in [0.3, 0.4) is 0 Å². The van der Waals surface area contributed by atoms with E-state index >= 15 is 0 Å². The third-order valence-electron chi connectivity index (χ3n) is 3.51. The minimum Gasteiger partial charge on any atom is -0.405 e. The summed E-state index contributed by atoms with van der Waals surface area (Å²) < 4.78 is 46.3. The van der Waals surface area contributed by atoms with Crippen LogP contribution in [0.15, 0.2) is 24.3 Å². The lowest BCUT2D eigenvalue weighted by molar-refractivity contribution is -0.274. The highest BCUT2D eigenvalue weighted by atomic mass is 19.4. The Labute approximate surface area is 116 Å². The molecule has 0 aromatic heterocycles. The highest BCUT2D eigenvalue weighted by Crippen LogP contribution is 2.27. The molecule has 3 nitrogen and oxygen atoms in total. The second-order valence-corrected chi connectivity index (χ2v) is 4.85. The molecule has 0 heterocycles. The van der Waals surface area contributed by atoms with Gasteiger partial charge in [-0.3, -0.25) is 0 Å². The molecule has 0 spiro atoms. The number of alkyl halides is 3. The summed E-state index contributed by atoms with van der Waals surface area (Å²) >= 11 is 0. The highest BCUT2D eigenvalue weighted by Gasteiger charge is 2.32. The van der Waals surface area contributed by atoms with Crippen LogP contribution in [0.25, 0.3) is 0 Å². The summed E-state index contributed by atoms with van der Waals surface area (Å²) in [6.07, 6.45) is -1.52. The molecule has 0 radical (unpaired) electrons. The largest absolute Gasteiger partial charge is 0.573 e. The lowest BCUT2D eigenvalue weighted by atomic mass is 10.1. The van der Waals surface area contributed by atoms with Crippen LogP contribution in [-0.4, -0.2) is 25.6 Å². The molecule has 1 fully saturated rings. The van der Waals surface area contributed by atoms with Gasteiger partial charge in [0.2, 0.25) is 0 Å². The van der Waals surface area contributed by atoms with Crippen molar-refractivity contribution in [2.45, 2.75) is 44.3 Å². The molecule has 1 N–H and O–H groups in total. The van der Waals surface area contributed by atoms with Crippen LogP contribution in [0, 0.1) is 0 Å². The Morgan fingerprint density at radius 3 is 2.70 bits per heavy atom. The van der Waals surface area contributed by atoms with Crippen molar-refractivity contribution in [3.63, 3.8) is 0 Å². The second-order valence-electron chi connectivity index (χ2n) is 4.85. The molecule has 0 aliphatic heterocycles. The Bertz CT molecular complexity index is 437. The number of nitrogens with one attached hydrogen (secondary N) is 1. The molecule has 1 aromatic carbocycles. The van der Waals surface area contributed by atoms with Crippen molar-refractivity contribution in [1.82, 2.24) is 5.32 Å². The summed E-state index contributed by atoms with van der Waals surface area (Å²) in [7, 11) is 1.66. The van der Waals surface area contributed by atoms with Gasteiger partial charge in [0.15, 0.2) is 0 Å². The zero-order valence-corrected chi connectivity index (χ0v) is 11.2. The maximum Gasteiger partial charge on any atom is 0.573 e. The van der Waals surface area contributed by atoms with Crippen molar-refractivity contribution in [1.29, 1.82) is 0 Å². The summed E-state index contributed by atoms with van der Waals surface area (Å²) in [5.41, 5.74) is 0.492. The summed E-state index contributed by atoms with van der Waals surface area (Å²) in [6, 6.07) is 6.36. The molecule has 1 aromatic rings. The van der Waals surface area contributed by atoms with E-state index in [9.17, 15) is 13.2 Å². The lowest BCUT2D eigenvalue weighted by Gasteiger charge is -2.20. The average molecular weight is 289 g/mol. The number of rotatable bonds is 5. The third kappa shape index (κ3) is 4.11. The zero-order valence-electron chi connectivity index (χ0n) is 11.2. The van der Waals surface area contributed by atoms with E-state index in [1.54, 1.807) is 19.2 Å². The minimum absolute atomic E-state index is 0.130. The van der Waals surface area contributed by atoms with Crippen LogP contribution in [0.1, 0.15) is 24.8 Å². The monoisotopic (exact) mass is 289 g/mol. The minimum atomic E-state index is -4.67. The Morgan fingerprint density at radius 2 is 2.00 bits per heavy atom. The molecule has 0 saturated heterocycles. The molecule has 112 valence electrons. The van der Waals surface area contributed by atoms with E-state index in [0.29, 0.717) is 12.1 Å². The van der Waals surface area contributed by atoms with Gasteiger partial charge in [0.1, 0.15) is 5.75 Å². The van der Waals surface area contributed by atoms with E-state index in [2.05, 4.69) is 10.1 Å². The Morgan fingerprint density at radius 1 is 1.25 bits per heavy atom. The number of benzene rings is 1. The van der Waals surface area contributed by atoms with Gasteiger partial charge in [-0.1, -0.05) is 18.2 Å². The van der Waals surface area contributed by atoms with E-state index in [1.807, 2.05) is 0 Å². The van der Waals surface area contributed by atoms with Gasteiger partial charge >= 0.3 is 6.36 Å². The van der Waals surface area contributed by atoms with E-state index in [1.165, 1.54) is 12.1 Å². The number of ether oxygens (including phenoxy) is 2. The number of methoxy groups -OCH3 is 1. The number of hydrogen-bond donors (Lipinski definition) is 1. The van der Waals surface area contributed by atoms with E-state index in [-0.39, 0.29) is 17.9 Å². The molecule has 6 heteroatoms. The first-order valence-corrected chi connectivity index (χ1v) is 6.59. The van der Waals surface area contributed by atoms with Gasteiger partial charge in [0, 0.05) is 25.3 Å². The quantitative estimate of drug-likeness (QED) is 0.902. The topological polar surface area (TPSA) is 30.5 Å². The SMILES string of the molecule is COC1CCCC1NCc1ccccc1OC(F)(F)F. The summed E-state index contributed by atoms with van der Waals surface area (Å²) in [6.45, 7) is 0.330. The van der Waals surface area contributed by atoms with Gasteiger partial charge in [-0.15, -0.1) is 13.2 Å². The summed E-state index contributed by atoms with van der Waals surface area (Å²) in [5.74, 6) is -0.153. The van der Waals surface area contributed by atoms with Gasteiger partial charge in [-0.2, -0.15) is 0 Å². The Kier molecular flexibility index (Phi) is 4.88. The molecule has 2 atom stereocenters. The fraction of sp³-hybridized carbons (Fsp3) is 0.571. The molecule has 20 heavy (non-hydrogen) atoms. The maximum atomic E-state index is 12.3. The highest BCUT2D eigenvalue weighted by molar-refractivity contribution is 5.33. The molecular weight excluding hydrogens is 271 g/mol. The first-order chi connectivity index (χ1) is 9.49. The number of halogens is 3. The van der Waals surface area contributed by atoms with Gasteiger partial charge in [-0.05, 0) is 25.3 Å². The normalized spacial score (nSPS) is 23.0. The van der Waals surface area contributed by atoms with Crippen molar-refractivity contribution in [3.8, 4) is 5.75 Å². The lowest BCUT2D eigenvalue weighted by Crippen LogP contribution is -2.36. The third-order valence-corrected chi connectivity index (χ3v) is 3.51. The van der Waals surface area contributed by atoms with Crippen molar-refractivity contribution in [3.05, 3.63) is 29.8 Å². The van der Waals surface area contributed by atoms with Crippen molar-refractivity contribution in [2.75, 3.05) is 7.11 Å². The van der Waals surface area contributed by atoms with E-state index < -0.39 is 6.36 Å². The molecular formula is C14H18F3NO2. The molecule has 1 saturated carbocycles. The predicted molar refractivity (Wildman–Crippen MR) is 68.4 cm³/mol. The average Bonchev–Trinajstić information content (AvgIpc) is 2.83. The fourth-order valence-corrected chi connectivity index (χ4v) is 2.56. The van der Waals surface area contributed by atoms with Crippen LogP contribution in [0.5, 0.6) is 5.75 Å². The first-order valence-electron chi connectivity index (χ1n) is 6.59. The first kappa shape index (κ1) is 15.1. The molecule has 2 unspecified atom stereocenters. The number of hydrogen-bond acceptors (Lipinski definition) is 3. The van der Waals surface area contributed by atoms with Crippen molar-refractivity contribution in [2.24, 2.45) is 0 Å². The second kappa shape index (κ2) is 6.45. The fourth-order valence-electron chi connectivity index (χ4n) is 2.56. The molecule has 1 aliphatic carbocycles. The maximum absolute atomic E-state index is 12.3. The van der Waals surface area contributed by atoms with Gasteiger partial charge < -0.3 is 14.8 Å². The summed E-state index contributed by atoms with van der Waals surface area (Å²) in [4.78, 5) is 0. The predicted octanol–water partition coefficient (Wildman–Crippen LogP) is 3.24. The Balaban J connectivity index is 1.99. The van der Waals surface area contributed by atoms with Gasteiger partial charge in [0.25, 0.3) is 0 Å². The smallest absolute Gasteiger partial charge is 0.405 e. The van der Waals surface area contributed by atoms with E-state index in [0.717, 1.165) is 19.3 Å². The van der Waals surface area contributed by atoms with Gasteiger partial charge in [-0.25, -0.2) is 0 Å². The number of para-hydroxylation sites is 1. The zero-order chi connectivity index (χ0) is 14.6. The molecule has 0 amide bonds. The van der Waals surface area contributed by atoms with Crippen LogP contribution in [0.4, 0.5) is 13.2 Å². The molecule has 0 bridgehead atoms. The van der Waals surface area contributed by atoms with E-state index in [4.69, 9.17) is 4.74 Å². The van der Waals surface area contributed by atoms with Crippen molar-refractivity contribution >= 4 is 0 Å². The summed E-state index contributed by atoms with van der Waals surface area (Å²) in [5, 5.41) is 3.25. The Hall–Kier alpha value is -1.27. The molecule has 1 aliphatic rings. The van der Waals surface area contributed by atoms with Crippen LogP contribution in [0.2, 0.25) is 0 Å². The standard InChI is InChI=1S/C14H18F3NO2/c1-19-13-8-4-6-11(13)18-9-10-5-2-3-7-12(10)20-14(15,16)17/h2-3,5,7,11,13,18H,4,6,8-9H2,1H3. The van der Waals surface area contributed by atoms with Crippen LogP contribution in [-0.2, 0) is 11.3 Å². The van der Waals surface area contributed by atoms with Crippen LogP contribution < -0.4 is 10.1 Å². The molecule has 2 rings (SSSR count). The van der Waals surface area contributed by atoms with Gasteiger partial charge in [0.05, 0.1) is 6.10 Å². The van der Waals surface area contributed by atoms with Crippen LogP contribution >= 0.6 is 0 Å².